The van der Waals surface area contributed by atoms with E-state index in [1.807, 2.05) is 39.8 Å². The Morgan fingerprint density at radius 1 is 1.48 bits per heavy atom. The van der Waals surface area contributed by atoms with Gasteiger partial charge in [0.25, 0.3) is 0 Å². The highest BCUT2D eigenvalue weighted by molar-refractivity contribution is 6.06. The van der Waals surface area contributed by atoms with Gasteiger partial charge in [-0.25, -0.2) is 0 Å². The summed E-state index contributed by atoms with van der Waals surface area (Å²) < 4.78 is 13.3. The Balaban J connectivity index is 1.84. The molecule has 0 N–H and O–H groups in total. The number of ketones is 1. The van der Waals surface area contributed by atoms with Crippen molar-refractivity contribution in [2.45, 2.75) is 46.3 Å². The molecular weight excluding hydrogens is 316 g/mol. The average molecular weight is 340 g/mol. The molecule has 0 saturated heterocycles. The van der Waals surface area contributed by atoms with E-state index >= 15 is 0 Å². The Labute approximate surface area is 148 Å². The van der Waals surface area contributed by atoms with Crippen molar-refractivity contribution in [2.24, 2.45) is 0 Å². The molecule has 0 bridgehead atoms. The van der Waals surface area contributed by atoms with Gasteiger partial charge in [0.1, 0.15) is 17.6 Å². The quantitative estimate of drug-likeness (QED) is 0.587. The molecule has 0 amide bonds. The van der Waals surface area contributed by atoms with Gasteiger partial charge in [0.15, 0.2) is 5.78 Å². The fraction of sp³-hybridized carbons (Fsp3) is 0.400. The first-order chi connectivity index (χ1) is 12.0. The van der Waals surface area contributed by atoms with Crippen LogP contribution in [0, 0.1) is 0 Å². The minimum Gasteiger partial charge on any atom is -0.493 e. The number of rotatable bonds is 6. The zero-order valence-electron chi connectivity index (χ0n) is 15.2. The number of aromatic nitrogens is 2. The van der Waals surface area contributed by atoms with E-state index in [0.717, 1.165) is 29.0 Å². The third-order valence-corrected chi connectivity index (χ3v) is 4.16. The number of nitrogens with zero attached hydrogens (tertiary/aromatic N) is 2. The van der Waals surface area contributed by atoms with Crippen LogP contribution in [0.5, 0.6) is 11.5 Å². The van der Waals surface area contributed by atoms with Crippen LogP contribution in [0.3, 0.4) is 0 Å². The van der Waals surface area contributed by atoms with E-state index in [0.29, 0.717) is 12.2 Å². The van der Waals surface area contributed by atoms with Crippen LogP contribution >= 0.6 is 0 Å². The summed E-state index contributed by atoms with van der Waals surface area (Å²) in [6.45, 7) is 8.62. The second-order valence-corrected chi connectivity index (χ2v) is 6.56. The molecule has 2 aromatic rings. The minimum atomic E-state index is -0.0795. The molecule has 25 heavy (non-hydrogen) atoms. The summed E-state index contributed by atoms with van der Waals surface area (Å²) in [5, 5.41) is 4.21. The molecule has 1 aliphatic heterocycles. The highest BCUT2D eigenvalue weighted by atomic mass is 16.5. The number of carbonyl (C=O) groups is 1. The Morgan fingerprint density at radius 3 is 2.96 bits per heavy atom. The summed E-state index contributed by atoms with van der Waals surface area (Å²) in [5.41, 5.74) is 2.57. The lowest BCUT2D eigenvalue weighted by atomic mass is 10.1. The molecule has 3 rings (SSSR count). The Kier molecular flexibility index (Phi) is 4.93. The van der Waals surface area contributed by atoms with Gasteiger partial charge >= 0.3 is 0 Å². The molecule has 2 heterocycles. The summed E-state index contributed by atoms with van der Waals surface area (Å²) in [4.78, 5) is 12.4. The zero-order valence-corrected chi connectivity index (χ0v) is 15.2. The molecule has 1 aromatic carbocycles. The maximum Gasteiger partial charge on any atom is 0.189 e. The lowest BCUT2D eigenvalue weighted by Gasteiger charge is -2.10. The Morgan fingerprint density at radius 2 is 2.28 bits per heavy atom. The topological polar surface area (TPSA) is 53.3 Å². The van der Waals surface area contributed by atoms with E-state index in [1.165, 1.54) is 0 Å². The van der Waals surface area contributed by atoms with Crippen molar-refractivity contribution in [3.8, 4) is 11.5 Å². The van der Waals surface area contributed by atoms with Crippen molar-refractivity contribution < 1.29 is 14.3 Å². The highest BCUT2D eigenvalue weighted by Gasteiger charge is 2.21. The molecule has 0 fully saturated rings. The van der Waals surface area contributed by atoms with Crippen LogP contribution in [0.4, 0.5) is 0 Å². The normalized spacial score (nSPS) is 16.3. The maximum atomic E-state index is 12.4. The molecule has 0 aliphatic carbocycles. The first-order valence-electron chi connectivity index (χ1n) is 8.71. The van der Waals surface area contributed by atoms with Crippen molar-refractivity contribution in [3.05, 3.63) is 47.3 Å². The zero-order chi connectivity index (χ0) is 18.0. The Hall–Kier alpha value is -2.56. The number of benzene rings is 1. The van der Waals surface area contributed by atoms with E-state index in [2.05, 4.69) is 5.10 Å². The molecule has 5 heteroatoms. The van der Waals surface area contributed by atoms with Crippen LogP contribution < -0.4 is 9.47 Å². The van der Waals surface area contributed by atoms with Gasteiger partial charge in [0, 0.05) is 29.8 Å². The van der Waals surface area contributed by atoms with Crippen molar-refractivity contribution in [1.29, 1.82) is 0 Å². The van der Waals surface area contributed by atoms with Crippen molar-refractivity contribution in [2.75, 3.05) is 6.61 Å². The fourth-order valence-corrected chi connectivity index (χ4v) is 2.88. The summed E-state index contributed by atoms with van der Waals surface area (Å²) in [6.07, 6.45) is 7.77. The number of ether oxygens (including phenoxy) is 2. The molecule has 1 aromatic heterocycles. The van der Waals surface area contributed by atoms with Gasteiger partial charge in [-0.15, -0.1) is 0 Å². The van der Waals surface area contributed by atoms with E-state index in [9.17, 15) is 4.79 Å². The number of allylic oxidation sites excluding steroid dienone is 1. The summed E-state index contributed by atoms with van der Waals surface area (Å²) >= 11 is 0. The second-order valence-electron chi connectivity index (χ2n) is 6.56. The average Bonchev–Trinajstić information content (AvgIpc) is 3.18. The maximum absolute atomic E-state index is 12.4. The molecule has 0 saturated carbocycles. The smallest absolute Gasteiger partial charge is 0.189 e. The van der Waals surface area contributed by atoms with Crippen LogP contribution in [0.2, 0.25) is 0 Å². The van der Waals surface area contributed by atoms with Crippen molar-refractivity contribution in [3.63, 3.8) is 0 Å². The lowest BCUT2D eigenvalue weighted by Crippen LogP contribution is -2.05. The standard InChI is InChI=1S/C20H24N2O3/c1-5-24-19-10-16-8-14(4)25-20(16)9-15(19)6-7-18(23)17-11-21-22(12-17)13(2)3/h6-7,9-14H,5,8H2,1-4H3/b7-6+. The molecule has 0 spiro atoms. The number of hydrogen-bond acceptors (Lipinski definition) is 4. The summed E-state index contributed by atoms with van der Waals surface area (Å²) in [5.74, 6) is 1.57. The first kappa shape index (κ1) is 17.3. The fourth-order valence-electron chi connectivity index (χ4n) is 2.88. The van der Waals surface area contributed by atoms with Crippen LogP contribution in [0.1, 0.15) is 55.2 Å². The molecular formula is C20H24N2O3. The van der Waals surface area contributed by atoms with Crippen LogP contribution in [-0.4, -0.2) is 28.3 Å². The number of fused-ring (bicyclic) bond motifs is 1. The van der Waals surface area contributed by atoms with Crippen LogP contribution in [0.25, 0.3) is 6.08 Å². The predicted octanol–water partition coefficient (Wildman–Crippen LogP) is 4.08. The largest absolute Gasteiger partial charge is 0.493 e. The van der Waals surface area contributed by atoms with E-state index in [-0.39, 0.29) is 17.9 Å². The van der Waals surface area contributed by atoms with E-state index in [1.54, 1.807) is 29.2 Å². The monoisotopic (exact) mass is 340 g/mol. The Bertz CT molecular complexity index is 805. The molecule has 0 radical (unpaired) electrons. The van der Waals surface area contributed by atoms with Crippen LogP contribution in [0.15, 0.2) is 30.6 Å². The number of hydrogen-bond donors (Lipinski definition) is 0. The van der Waals surface area contributed by atoms with Gasteiger partial charge in [-0.2, -0.15) is 5.10 Å². The number of carbonyl (C=O) groups excluding carboxylic acids is 1. The highest BCUT2D eigenvalue weighted by Crippen LogP contribution is 2.35. The van der Waals surface area contributed by atoms with Gasteiger partial charge in [-0.1, -0.05) is 0 Å². The van der Waals surface area contributed by atoms with Crippen molar-refractivity contribution >= 4 is 11.9 Å². The molecule has 1 unspecified atom stereocenters. The van der Waals surface area contributed by atoms with E-state index < -0.39 is 0 Å². The SMILES string of the molecule is CCOc1cc2c(cc1/C=C/C(=O)c1cnn(C(C)C)c1)OC(C)C2. The molecule has 132 valence electrons. The second kappa shape index (κ2) is 7.13. The molecule has 5 nitrogen and oxygen atoms in total. The van der Waals surface area contributed by atoms with Gasteiger partial charge < -0.3 is 9.47 Å². The third-order valence-electron chi connectivity index (χ3n) is 4.16. The van der Waals surface area contributed by atoms with Gasteiger partial charge in [-0.05, 0) is 52.0 Å². The predicted molar refractivity (Wildman–Crippen MR) is 97.4 cm³/mol. The van der Waals surface area contributed by atoms with Gasteiger partial charge in [0.05, 0.1) is 18.4 Å². The summed E-state index contributed by atoms with van der Waals surface area (Å²) in [7, 11) is 0. The van der Waals surface area contributed by atoms with Crippen LogP contribution in [-0.2, 0) is 6.42 Å². The van der Waals surface area contributed by atoms with Gasteiger partial charge in [0.2, 0.25) is 0 Å². The molecule has 1 aliphatic rings. The first-order valence-corrected chi connectivity index (χ1v) is 8.71. The lowest BCUT2D eigenvalue weighted by molar-refractivity contribution is 0.104. The van der Waals surface area contributed by atoms with Gasteiger partial charge in [-0.3, -0.25) is 9.48 Å². The third kappa shape index (κ3) is 3.76. The molecule has 1 atom stereocenters. The van der Waals surface area contributed by atoms with Crippen molar-refractivity contribution in [1.82, 2.24) is 9.78 Å². The summed E-state index contributed by atoms with van der Waals surface area (Å²) in [6, 6.07) is 4.19. The minimum absolute atomic E-state index is 0.0795. The van der Waals surface area contributed by atoms with E-state index in [4.69, 9.17) is 9.47 Å².